The molecular formula is C15H18N4O3. The van der Waals surface area contributed by atoms with E-state index in [1.165, 1.54) is 10.2 Å². The molecule has 22 heavy (non-hydrogen) atoms. The van der Waals surface area contributed by atoms with Gasteiger partial charge >= 0.3 is 0 Å². The molecular weight excluding hydrogens is 284 g/mol. The van der Waals surface area contributed by atoms with Crippen LogP contribution in [0.3, 0.4) is 0 Å². The molecule has 0 fully saturated rings. The predicted octanol–water partition coefficient (Wildman–Crippen LogP) is 0.880. The van der Waals surface area contributed by atoms with E-state index in [0.29, 0.717) is 18.8 Å². The third kappa shape index (κ3) is 2.74. The smallest absolute Gasteiger partial charge is 0.244 e. The molecule has 0 radical (unpaired) electrons. The second kappa shape index (κ2) is 6.05. The van der Waals surface area contributed by atoms with E-state index in [1.54, 1.807) is 26.6 Å². The van der Waals surface area contributed by atoms with Crippen LogP contribution in [0.2, 0.25) is 0 Å². The standard InChI is InChI=1S/C15H18N4O3/c1-21-13-7-11-3-5-18(9-12(11)8-14(13)22-2)15(20)10-19-6-4-16-17-19/h4,6-8H,3,5,9-10H2,1-2H3. The quantitative estimate of drug-likeness (QED) is 0.838. The summed E-state index contributed by atoms with van der Waals surface area (Å²) in [5, 5.41) is 7.54. The van der Waals surface area contributed by atoms with E-state index in [0.717, 1.165) is 17.7 Å². The van der Waals surface area contributed by atoms with Crippen LogP contribution in [0.15, 0.2) is 24.5 Å². The van der Waals surface area contributed by atoms with E-state index < -0.39 is 0 Å². The van der Waals surface area contributed by atoms with Gasteiger partial charge in [0.1, 0.15) is 6.54 Å². The zero-order chi connectivity index (χ0) is 15.5. The first-order chi connectivity index (χ1) is 10.7. The van der Waals surface area contributed by atoms with Crippen LogP contribution in [0.25, 0.3) is 0 Å². The molecule has 0 atom stereocenters. The number of hydrogen-bond acceptors (Lipinski definition) is 5. The first kappa shape index (κ1) is 14.4. The fraction of sp³-hybridized carbons (Fsp3) is 0.400. The SMILES string of the molecule is COc1cc2c(cc1OC)CN(C(=O)Cn1ccnn1)CC2. The average molecular weight is 302 g/mol. The molecule has 0 N–H and O–H groups in total. The Balaban J connectivity index is 1.76. The van der Waals surface area contributed by atoms with Crippen molar-refractivity contribution in [3.8, 4) is 11.5 Å². The first-order valence-corrected chi connectivity index (χ1v) is 7.07. The molecule has 7 heteroatoms. The molecule has 0 spiro atoms. The topological polar surface area (TPSA) is 69.5 Å². The number of amides is 1. The van der Waals surface area contributed by atoms with Crippen LogP contribution in [-0.2, 0) is 24.3 Å². The van der Waals surface area contributed by atoms with Crippen molar-refractivity contribution < 1.29 is 14.3 Å². The number of aromatic nitrogens is 3. The first-order valence-electron chi connectivity index (χ1n) is 7.07. The minimum atomic E-state index is 0.0333. The van der Waals surface area contributed by atoms with Crippen molar-refractivity contribution in [2.75, 3.05) is 20.8 Å². The second-order valence-electron chi connectivity index (χ2n) is 5.14. The van der Waals surface area contributed by atoms with E-state index in [-0.39, 0.29) is 12.5 Å². The van der Waals surface area contributed by atoms with Gasteiger partial charge in [-0.25, -0.2) is 4.68 Å². The highest BCUT2D eigenvalue weighted by molar-refractivity contribution is 5.76. The normalized spacial score (nSPS) is 13.6. The van der Waals surface area contributed by atoms with Crippen molar-refractivity contribution in [3.63, 3.8) is 0 Å². The van der Waals surface area contributed by atoms with Gasteiger partial charge in [0.2, 0.25) is 5.91 Å². The Bertz CT molecular complexity index is 670. The molecule has 1 aliphatic rings. The second-order valence-corrected chi connectivity index (χ2v) is 5.14. The summed E-state index contributed by atoms with van der Waals surface area (Å²) >= 11 is 0. The van der Waals surface area contributed by atoms with Gasteiger partial charge in [-0.15, -0.1) is 5.10 Å². The highest BCUT2D eigenvalue weighted by Crippen LogP contribution is 2.33. The lowest BCUT2D eigenvalue weighted by Gasteiger charge is -2.29. The number of nitrogens with zero attached hydrogens (tertiary/aromatic N) is 4. The van der Waals surface area contributed by atoms with Crippen LogP contribution in [0.4, 0.5) is 0 Å². The van der Waals surface area contributed by atoms with Crippen molar-refractivity contribution >= 4 is 5.91 Å². The third-order valence-electron chi connectivity index (χ3n) is 3.84. The summed E-state index contributed by atoms with van der Waals surface area (Å²) < 4.78 is 12.2. The Hall–Kier alpha value is -2.57. The molecule has 1 aromatic heterocycles. The summed E-state index contributed by atoms with van der Waals surface area (Å²) in [6.07, 6.45) is 4.05. The van der Waals surface area contributed by atoms with E-state index >= 15 is 0 Å². The van der Waals surface area contributed by atoms with Gasteiger partial charge < -0.3 is 14.4 Å². The fourth-order valence-corrected chi connectivity index (χ4v) is 2.65. The van der Waals surface area contributed by atoms with Gasteiger partial charge in [-0.1, -0.05) is 5.21 Å². The Kier molecular flexibility index (Phi) is 3.95. The number of carbonyl (C=O) groups is 1. The average Bonchev–Trinajstić information content (AvgIpc) is 3.05. The minimum Gasteiger partial charge on any atom is -0.493 e. The zero-order valence-electron chi connectivity index (χ0n) is 12.7. The van der Waals surface area contributed by atoms with Gasteiger partial charge in [-0.3, -0.25) is 4.79 Å². The number of benzene rings is 1. The van der Waals surface area contributed by atoms with Gasteiger partial charge in [-0.2, -0.15) is 0 Å². The van der Waals surface area contributed by atoms with Crippen LogP contribution in [0, 0.1) is 0 Å². The molecule has 0 saturated carbocycles. The van der Waals surface area contributed by atoms with E-state index in [1.807, 2.05) is 17.0 Å². The molecule has 0 unspecified atom stereocenters. The van der Waals surface area contributed by atoms with Crippen LogP contribution in [0.5, 0.6) is 11.5 Å². The van der Waals surface area contributed by atoms with Crippen molar-refractivity contribution in [2.45, 2.75) is 19.5 Å². The number of hydrogen-bond donors (Lipinski definition) is 0. The lowest BCUT2D eigenvalue weighted by Crippen LogP contribution is -2.38. The van der Waals surface area contributed by atoms with Gasteiger partial charge in [0.15, 0.2) is 11.5 Å². The van der Waals surface area contributed by atoms with E-state index in [4.69, 9.17) is 9.47 Å². The summed E-state index contributed by atoms with van der Waals surface area (Å²) in [5.41, 5.74) is 2.29. The van der Waals surface area contributed by atoms with Gasteiger partial charge in [-0.05, 0) is 29.7 Å². The maximum atomic E-state index is 12.3. The molecule has 7 nitrogen and oxygen atoms in total. The van der Waals surface area contributed by atoms with Gasteiger partial charge in [0.25, 0.3) is 0 Å². The summed E-state index contributed by atoms with van der Waals surface area (Å²) in [7, 11) is 3.24. The summed E-state index contributed by atoms with van der Waals surface area (Å²) in [5.74, 6) is 1.45. The summed E-state index contributed by atoms with van der Waals surface area (Å²) in [6.45, 7) is 1.47. The lowest BCUT2D eigenvalue weighted by molar-refractivity contribution is -0.133. The summed E-state index contributed by atoms with van der Waals surface area (Å²) in [4.78, 5) is 14.2. The van der Waals surface area contributed by atoms with Crippen LogP contribution < -0.4 is 9.47 Å². The van der Waals surface area contributed by atoms with Crippen molar-refractivity contribution in [2.24, 2.45) is 0 Å². The van der Waals surface area contributed by atoms with Gasteiger partial charge in [0.05, 0.1) is 20.4 Å². The van der Waals surface area contributed by atoms with E-state index in [2.05, 4.69) is 10.3 Å². The molecule has 1 aromatic carbocycles. The number of methoxy groups -OCH3 is 2. The number of carbonyl (C=O) groups excluding carboxylic acids is 1. The Morgan fingerprint density at radius 2 is 1.95 bits per heavy atom. The highest BCUT2D eigenvalue weighted by Gasteiger charge is 2.23. The summed E-state index contributed by atoms with van der Waals surface area (Å²) in [6, 6.07) is 3.94. The third-order valence-corrected chi connectivity index (χ3v) is 3.84. The van der Waals surface area contributed by atoms with Crippen molar-refractivity contribution in [1.82, 2.24) is 19.9 Å². The Morgan fingerprint density at radius 1 is 1.23 bits per heavy atom. The number of fused-ring (bicyclic) bond motifs is 1. The van der Waals surface area contributed by atoms with Crippen molar-refractivity contribution in [1.29, 1.82) is 0 Å². The molecule has 2 aromatic rings. The maximum Gasteiger partial charge on any atom is 0.244 e. The molecule has 116 valence electrons. The van der Waals surface area contributed by atoms with Crippen LogP contribution in [0.1, 0.15) is 11.1 Å². The van der Waals surface area contributed by atoms with Crippen LogP contribution >= 0.6 is 0 Å². The molecule has 0 aliphatic carbocycles. The predicted molar refractivity (Wildman–Crippen MR) is 78.7 cm³/mol. The molecule has 2 heterocycles. The highest BCUT2D eigenvalue weighted by atomic mass is 16.5. The molecule has 0 bridgehead atoms. The fourth-order valence-electron chi connectivity index (χ4n) is 2.65. The largest absolute Gasteiger partial charge is 0.493 e. The molecule has 3 rings (SSSR count). The van der Waals surface area contributed by atoms with Gasteiger partial charge in [0, 0.05) is 19.3 Å². The monoisotopic (exact) mass is 302 g/mol. The zero-order valence-corrected chi connectivity index (χ0v) is 12.7. The maximum absolute atomic E-state index is 12.3. The molecule has 0 saturated heterocycles. The Labute approximate surface area is 128 Å². The number of rotatable bonds is 4. The lowest BCUT2D eigenvalue weighted by atomic mass is 9.98. The Morgan fingerprint density at radius 3 is 2.59 bits per heavy atom. The van der Waals surface area contributed by atoms with Crippen molar-refractivity contribution in [3.05, 3.63) is 35.7 Å². The minimum absolute atomic E-state index is 0.0333. The molecule has 1 aliphatic heterocycles. The molecule has 1 amide bonds. The van der Waals surface area contributed by atoms with Crippen LogP contribution in [-0.4, -0.2) is 46.6 Å². The number of ether oxygens (including phenoxy) is 2. The van der Waals surface area contributed by atoms with E-state index in [9.17, 15) is 4.79 Å².